The van der Waals surface area contributed by atoms with E-state index in [1.807, 2.05) is 13.8 Å². The van der Waals surface area contributed by atoms with Crippen LogP contribution in [0.2, 0.25) is 0 Å². The van der Waals surface area contributed by atoms with Gasteiger partial charge in [0.1, 0.15) is 5.82 Å². The number of H-pyrrole nitrogens is 1. The molecule has 0 aliphatic rings. The number of anilines is 2. The van der Waals surface area contributed by atoms with Gasteiger partial charge in [0.05, 0.1) is 17.1 Å². The lowest BCUT2D eigenvalue weighted by Crippen LogP contribution is -2.15. The SMILES string of the molecule is Cc1n[nH]c(C)c1NC(=O)c1ccnc(NN)c1. The number of nitrogens with one attached hydrogen (secondary N) is 3. The Bertz CT molecular complexity index is 557. The summed E-state index contributed by atoms with van der Waals surface area (Å²) in [7, 11) is 0. The quantitative estimate of drug-likeness (QED) is 0.476. The largest absolute Gasteiger partial charge is 0.319 e. The van der Waals surface area contributed by atoms with Gasteiger partial charge < -0.3 is 10.7 Å². The van der Waals surface area contributed by atoms with Crippen LogP contribution in [0.25, 0.3) is 0 Å². The monoisotopic (exact) mass is 246 g/mol. The predicted octanol–water partition coefficient (Wildman–Crippen LogP) is 0.959. The number of carbonyl (C=O) groups excluding carboxylic acids is 1. The molecule has 5 N–H and O–H groups in total. The number of aromatic nitrogens is 3. The lowest BCUT2D eigenvalue weighted by atomic mass is 10.2. The average Bonchev–Trinajstić information content (AvgIpc) is 2.70. The van der Waals surface area contributed by atoms with Crippen LogP contribution in [0.15, 0.2) is 18.3 Å². The molecule has 0 atom stereocenters. The highest BCUT2D eigenvalue weighted by Gasteiger charge is 2.12. The lowest BCUT2D eigenvalue weighted by molar-refractivity contribution is 0.102. The van der Waals surface area contributed by atoms with E-state index in [9.17, 15) is 4.79 Å². The van der Waals surface area contributed by atoms with Crippen LogP contribution in [0, 0.1) is 13.8 Å². The topological polar surface area (TPSA) is 109 Å². The second-order valence-electron chi connectivity index (χ2n) is 3.84. The average molecular weight is 246 g/mol. The molecule has 0 bridgehead atoms. The normalized spacial score (nSPS) is 10.2. The Balaban J connectivity index is 2.22. The summed E-state index contributed by atoms with van der Waals surface area (Å²) in [6, 6.07) is 3.18. The molecule has 0 radical (unpaired) electrons. The molecule has 0 aromatic carbocycles. The van der Waals surface area contributed by atoms with Crippen molar-refractivity contribution in [1.29, 1.82) is 0 Å². The molecule has 0 aliphatic carbocycles. The second-order valence-corrected chi connectivity index (χ2v) is 3.84. The first-order chi connectivity index (χ1) is 8.61. The van der Waals surface area contributed by atoms with E-state index in [2.05, 4.69) is 25.9 Å². The molecule has 0 spiro atoms. The third-order valence-corrected chi connectivity index (χ3v) is 2.54. The minimum atomic E-state index is -0.235. The summed E-state index contributed by atoms with van der Waals surface area (Å²) in [5.74, 6) is 5.44. The fourth-order valence-corrected chi connectivity index (χ4v) is 1.57. The number of hydrogen-bond donors (Lipinski definition) is 4. The van der Waals surface area contributed by atoms with E-state index < -0.39 is 0 Å². The van der Waals surface area contributed by atoms with Gasteiger partial charge in [-0.25, -0.2) is 10.8 Å². The number of nitrogens with two attached hydrogens (primary N) is 1. The molecule has 0 fully saturated rings. The third-order valence-electron chi connectivity index (χ3n) is 2.54. The Morgan fingerprint density at radius 2 is 2.22 bits per heavy atom. The van der Waals surface area contributed by atoms with Gasteiger partial charge in [-0.3, -0.25) is 9.89 Å². The van der Waals surface area contributed by atoms with E-state index >= 15 is 0 Å². The Labute approximate surface area is 104 Å². The molecule has 1 amide bonds. The van der Waals surface area contributed by atoms with Crippen molar-refractivity contribution in [1.82, 2.24) is 15.2 Å². The van der Waals surface area contributed by atoms with Gasteiger partial charge in [0, 0.05) is 11.8 Å². The van der Waals surface area contributed by atoms with E-state index in [1.165, 1.54) is 6.20 Å². The molecule has 0 saturated heterocycles. The molecule has 2 heterocycles. The summed E-state index contributed by atoms with van der Waals surface area (Å²) >= 11 is 0. The van der Waals surface area contributed by atoms with Crippen LogP contribution in [0.1, 0.15) is 21.7 Å². The van der Waals surface area contributed by atoms with Crippen molar-refractivity contribution in [3.63, 3.8) is 0 Å². The van der Waals surface area contributed by atoms with Crippen molar-refractivity contribution < 1.29 is 4.79 Å². The van der Waals surface area contributed by atoms with E-state index in [1.54, 1.807) is 12.1 Å². The number of hydrogen-bond acceptors (Lipinski definition) is 5. The van der Waals surface area contributed by atoms with Gasteiger partial charge in [-0.1, -0.05) is 0 Å². The van der Waals surface area contributed by atoms with Crippen molar-refractivity contribution in [3.8, 4) is 0 Å². The van der Waals surface area contributed by atoms with Gasteiger partial charge >= 0.3 is 0 Å². The van der Waals surface area contributed by atoms with Crippen LogP contribution in [0.4, 0.5) is 11.5 Å². The van der Waals surface area contributed by atoms with Crippen molar-refractivity contribution in [2.75, 3.05) is 10.7 Å². The molecule has 0 saturated carbocycles. The number of nitrogen functional groups attached to an aromatic ring is 1. The molecule has 0 unspecified atom stereocenters. The minimum Gasteiger partial charge on any atom is -0.319 e. The number of nitrogens with zero attached hydrogens (tertiary/aromatic N) is 2. The zero-order chi connectivity index (χ0) is 13.1. The smallest absolute Gasteiger partial charge is 0.255 e. The third kappa shape index (κ3) is 2.30. The maximum absolute atomic E-state index is 12.0. The first kappa shape index (κ1) is 12.1. The zero-order valence-electron chi connectivity index (χ0n) is 10.1. The van der Waals surface area contributed by atoms with Crippen LogP contribution >= 0.6 is 0 Å². The van der Waals surface area contributed by atoms with Crippen molar-refractivity contribution >= 4 is 17.4 Å². The van der Waals surface area contributed by atoms with E-state index in [-0.39, 0.29) is 5.91 Å². The molecule has 2 aromatic heterocycles. The van der Waals surface area contributed by atoms with Crippen LogP contribution in [-0.2, 0) is 0 Å². The highest BCUT2D eigenvalue weighted by molar-refractivity contribution is 6.05. The second kappa shape index (κ2) is 4.84. The van der Waals surface area contributed by atoms with Crippen molar-refractivity contribution in [2.24, 2.45) is 5.84 Å². The van der Waals surface area contributed by atoms with Gasteiger partial charge in [-0.2, -0.15) is 5.10 Å². The number of rotatable bonds is 3. The molecular formula is C11H14N6O. The molecule has 2 rings (SSSR count). The van der Waals surface area contributed by atoms with Gasteiger partial charge in [-0.05, 0) is 26.0 Å². The standard InChI is InChI=1S/C11H14N6O/c1-6-10(7(2)17-16-6)14-11(18)8-3-4-13-9(5-8)15-12/h3-5H,12H2,1-2H3,(H,13,15)(H,14,18)(H,16,17). The number of amides is 1. The van der Waals surface area contributed by atoms with E-state index in [0.717, 1.165) is 11.4 Å². The summed E-state index contributed by atoms with van der Waals surface area (Å²) < 4.78 is 0. The van der Waals surface area contributed by atoms with Gasteiger partial charge in [0.2, 0.25) is 0 Å². The molecule has 2 aromatic rings. The van der Waals surface area contributed by atoms with Crippen LogP contribution in [0.3, 0.4) is 0 Å². The summed E-state index contributed by atoms with van der Waals surface area (Å²) in [6.45, 7) is 3.66. The van der Waals surface area contributed by atoms with Crippen LogP contribution in [-0.4, -0.2) is 21.1 Å². The fourth-order valence-electron chi connectivity index (χ4n) is 1.57. The molecular weight excluding hydrogens is 232 g/mol. The Kier molecular flexibility index (Phi) is 3.24. The summed E-state index contributed by atoms with van der Waals surface area (Å²) in [6.07, 6.45) is 1.51. The van der Waals surface area contributed by atoms with Crippen LogP contribution < -0.4 is 16.6 Å². The minimum absolute atomic E-state index is 0.235. The number of aromatic amines is 1. The summed E-state index contributed by atoms with van der Waals surface area (Å²) in [5.41, 5.74) is 5.11. The van der Waals surface area contributed by atoms with Crippen molar-refractivity contribution in [3.05, 3.63) is 35.3 Å². The van der Waals surface area contributed by atoms with E-state index in [4.69, 9.17) is 5.84 Å². The maximum Gasteiger partial charge on any atom is 0.255 e. The lowest BCUT2D eigenvalue weighted by Gasteiger charge is -2.06. The van der Waals surface area contributed by atoms with Gasteiger partial charge in [-0.15, -0.1) is 0 Å². The van der Waals surface area contributed by atoms with Crippen LogP contribution in [0.5, 0.6) is 0 Å². The molecule has 18 heavy (non-hydrogen) atoms. The molecule has 0 aliphatic heterocycles. The Morgan fingerprint density at radius 1 is 1.44 bits per heavy atom. The number of aryl methyl sites for hydroxylation is 2. The summed E-state index contributed by atoms with van der Waals surface area (Å²) in [5, 5.41) is 9.62. The number of carbonyl (C=O) groups is 1. The number of hydrazine groups is 1. The Morgan fingerprint density at radius 3 is 2.83 bits per heavy atom. The maximum atomic E-state index is 12.0. The fraction of sp³-hybridized carbons (Fsp3) is 0.182. The first-order valence-electron chi connectivity index (χ1n) is 5.37. The van der Waals surface area contributed by atoms with Gasteiger partial charge in [0.25, 0.3) is 5.91 Å². The zero-order valence-corrected chi connectivity index (χ0v) is 10.1. The molecule has 7 heteroatoms. The predicted molar refractivity (Wildman–Crippen MR) is 68.1 cm³/mol. The highest BCUT2D eigenvalue weighted by Crippen LogP contribution is 2.17. The Hall–Kier alpha value is -2.41. The van der Waals surface area contributed by atoms with Gasteiger partial charge in [0.15, 0.2) is 0 Å². The van der Waals surface area contributed by atoms with E-state index in [0.29, 0.717) is 17.1 Å². The first-order valence-corrected chi connectivity index (χ1v) is 5.37. The molecule has 7 nitrogen and oxygen atoms in total. The van der Waals surface area contributed by atoms with Crippen molar-refractivity contribution in [2.45, 2.75) is 13.8 Å². The molecule has 94 valence electrons. The summed E-state index contributed by atoms with van der Waals surface area (Å²) in [4.78, 5) is 16.0. The number of pyridine rings is 1. The highest BCUT2D eigenvalue weighted by atomic mass is 16.1.